The molecule has 0 amide bonds. The molecule has 0 saturated carbocycles. The molecule has 2 N–H and O–H groups in total. The average Bonchev–Trinajstić information content (AvgIpc) is 2.85. The van der Waals surface area contributed by atoms with Crippen LogP contribution in [0, 0.1) is 29.6 Å². The van der Waals surface area contributed by atoms with Gasteiger partial charge in [0.2, 0.25) is 0 Å². The molecule has 0 aromatic rings. The van der Waals surface area contributed by atoms with Crippen molar-refractivity contribution in [3.8, 4) is 0 Å². The number of hydrogen-bond acceptors (Lipinski definition) is 9. The Kier molecular flexibility index (Phi) is 13.6. The van der Waals surface area contributed by atoms with Gasteiger partial charge in [0, 0.05) is 0 Å². The number of halogens is 1. The van der Waals surface area contributed by atoms with Crippen molar-refractivity contribution in [2.24, 2.45) is 32.8 Å². The molecule has 0 spiro atoms. The molecule has 0 aliphatic carbocycles. The summed E-state index contributed by atoms with van der Waals surface area (Å²) in [7, 11) is 5.58. The molecular formula is C27H50IN2O7-. The second-order valence-electron chi connectivity index (χ2n) is 11.3. The molecule has 1 aliphatic heterocycles. The second kappa shape index (κ2) is 14.6. The summed E-state index contributed by atoms with van der Waals surface area (Å²) in [6.45, 7) is 15.7. The first-order chi connectivity index (χ1) is 17.0. The Hall–Kier alpha value is -0.660. The fourth-order valence-electron chi connectivity index (χ4n) is 5.09. The van der Waals surface area contributed by atoms with Gasteiger partial charge < -0.3 is 0 Å². The quantitative estimate of drug-likeness (QED) is 0.172. The Labute approximate surface area is 234 Å². The predicted octanol–water partition coefficient (Wildman–Crippen LogP) is -0.0833. The fraction of sp³-hybridized carbons (Fsp3) is 0.889. The molecule has 0 aromatic heterocycles. The molecule has 0 bridgehead atoms. The van der Waals surface area contributed by atoms with E-state index < -0.39 is 69.0 Å². The summed E-state index contributed by atoms with van der Waals surface area (Å²) in [6, 6.07) is 0. The van der Waals surface area contributed by atoms with Crippen molar-refractivity contribution < 1.29 is 54.2 Å². The summed E-state index contributed by atoms with van der Waals surface area (Å²) < 4.78 is 22.3. The van der Waals surface area contributed by atoms with E-state index in [0.717, 1.165) is 12.3 Å². The molecule has 9 nitrogen and oxygen atoms in total. The third-order valence-electron chi connectivity index (χ3n) is 8.24. The van der Waals surface area contributed by atoms with Gasteiger partial charge in [0.05, 0.1) is 0 Å². The zero-order valence-electron chi connectivity index (χ0n) is 24.6. The zero-order valence-corrected chi connectivity index (χ0v) is 26.7. The first-order valence-corrected chi connectivity index (χ1v) is 15.1. The van der Waals surface area contributed by atoms with Crippen molar-refractivity contribution in [3.63, 3.8) is 0 Å². The first kappa shape index (κ1) is 34.4. The van der Waals surface area contributed by atoms with Crippen LogP contribution in [0.1, 0.15) is 68.2 Å². The molecule has 1 rings (SSSR count). The number of rotatable bonds is 7. The van der Waals surface area contributed by atoms with E-state index in [4.69, 9.17) is 15.7 Å². The molecule has 218 valence electrons. The van der Waals surface area contributed by atoms with Gasteiger partial charge in [-0.3, -0.25) is 0 Å². The fourth-order valence-corrected chi connectivity index (χ4v) is 6.77. The number of nitrogens with zero attached hydrogens (tertiary/aromatic N) is 2. The Morgan fingerprint density at radius 3 is 2.24 bits per heavy atom. The third kappa shape index (κ3) is 8.66. The van der Waals surface area contributed by atoms with Gasteiger partial charge in [-0.2, -0.15) is 0 Å². The molecule has 1 saturated heterocycles. The number of ether oxygens (including phenoxy) is 2. The molecule has 1 fully saturated rings. The minimum atomic E-state index is -1.76. The number of cyclic esters (lactones) is 1. The molecule has 9 atom stereocenters. The summed E-state index contributed by atoms with van der Waals surface area (Å²) in [6.07, 6.45) is -1.44. The van der Waals surface area contributed by atoms with Crippen molar-refractivity contribution in [2.45, 2.75) is 91.6 Å². The van der Waals surface area contributed by atoms with Crippen molar-refractivity contribution in [1.29, 1.82) is 0 Å². The number of likely N-dealkylation sites (N-methyl/N-ethyl adjacent to an activating group) is 1. The van der Waals surface area contributed by atoms with Gasteiger partial charge in [-0.05, 0) is 0 Å². The summed E-state index contributed by atoms with van der Waals surface area (Å²) in [4.78, 5) is 28.3. The monoisotopic (exact) mass is 641 g/mol. The van der Waals surface area contributed by atoms with Crippen LogP contribution in [0.2, 0.25) is 0 Å². The number of aliphatic hydroxyl groups is 2. The predicted molar refractivity (Wildman–Crippen MR) is 140 cm³/mol. The van der Waals surface area contributed by atoms with Gasteiger partial charge in [-0.1, -0.05) is 0 Å². The topological polar surface area (TPSA) is 118 Å². The maximum absolute atomic E-state index is 13.3. The van der Waals surface area contributed by atoms with Crippen molar-refractivity contribution in [3.05, 3.63) is 0 Å². The normalized spacial score (nSPS) is 40.2. The Balaban J connectivity index is 3.55. The van der Waals surface area contributed by atoms with Gasteiger partial charge in [0.1, 0.15) is 0 Å². The molecule has 1 aliphatic rings. The van der Waals surface area contributed by atoms with E-state index in [1.54, 1.807) is 14.0 Å². The summed E-state index contributed by atoms with van der Waals surface area (Å²) in [5.74, 6) is -3.27. The van der Waals surface area contributed by atoms with Crippen LogP contribution < -0.4 is 21.9 Å². The van der Waals surface area contributed by atoms with E-state index in [9.17, 15) is 19.8 Å². The molecule has 0 aromatic carbocycles. The van der Waals surface area contributed by atoms with Crippen LogP contribution in [0.5, 0.6) is 0 Å². The number of esters is 1. The summed E-state index contributed by atoms with van der Waals surface area (Å²) in [5.41, 5.74) is -1.73. The molecule has 37 heavy (non-hydrogen) atoms. The van der Waals surface area contributed by atoms with Gasteiger partial charge in [-0.25, -0.2) is 0 Å². The standard InChI is InChI=1S/C27H50IN2O7/c1-12-21-27(8,34)24(32)18(4)22(29-28-36-14-13-30(9)10)16(2)15-26(7,35-11)20(6)17(3)23(31)19(5)25(33)37-21/h16-21,24,32,34H,12-15H2,1-11H3/q-1/b29-22+/t16-,17-,18+,19-,20-,21-,24-,26-,27-/m1/s1. The Morgan fingerprint density at radius 2 is 1.73 bits per heavy atom. The van der Waals surface area contributed by atoms with E-state index in [1.807, 2.05) is 53.6 Å². The average molecular weight is 642 g/mol. The first-order valence-electron chi connectivity index (χ1n) is 13.2. The Bertz CT molecular complexity index is 791. The van der Waals surface area contributed by atoms with Crippen LogP contribution in [-0.4, -0.2) is 90.3 Å². The zero-order chi connectivity index (χ0) is 28.7. The van der Waals surface area contributed by atoms with Crippen LogP contribution in [0.3, 0.4) is 0 Å². The van der Waals surface area contributed by atoms with Gasteiger partial charge >= 0.3 is 235 Å². The molecule has 0 unspecified atom stereocenters. The van der Waals surface area contributed by atoms with Crippen LogP contribution in [0.25, 0.3) is 0 Å². The second-order valence-corrected chi connectivity index (χ2v) is 12.8. The number of methoxy groups -OCH3 is 1. The molecule has 1 heterocycles. The van der Waals surface area contributed by atoms with Crippen molar-refractivity contribution >= 4 is 17.5 Å². The van der Waals surface area contributed by atoms with E-state index in [2.05, 4.69) is 0 Å². The molecule has 0 radical (unpaired) electrons. The van der Waals surface area contributed by atoms with E-state index in [0.29, 0.717) is 13.0 Å². The van der Waals surface area contributed by atoms with Gasteiger partial charge in [-0.15, -0.1) is 0 Å². The number of Topliss-reactive ketones (excluding diaryl/α,β-unsaturated/α-hetero) is 1. The number of carbonyl (C=O) groups excluding carboxylic acids is 2. The van der Waals surface area contributed by atoms with Crippen LogP contribution in [-0.2, 0) is 22.1 Å². The van der Waals surface area contributed by atoms with E-state index in [-0.39, 0.29) is 24.0 Å². The number of ketones is 1. The SMILES string of the molecule is CC[C@H]1OC(=O)[C@H](C)C(=O)[C@H](C)[C@@H](C)[C@](C)(OC)C[C@@H](C)/C(=N\[I-]OCCN(C)C)[C@H](C)[C@@H](O)[C@]1(C)O. The van der Waals surface area contributed by atoms with E-state index in [1.165, 1.54) is 13.8 Å². The number of aliphatic hydroxyl groups excluding tert-OH is 1. The number of carbonyl (C=O) groups is 2. The molecule has 10 heteroatoms. The Morgan fingerprint density at radius 1 is 1.14 bits per heavy atom. The maximum atomic E-state index is 13.3. The minimum absolute atomic E-state index is 0.129. The summed E-state index contributed by atoms with van der Waals surface area (Å²) >= 11 is -1.00. The van der Waals surface area contributed by atoms with Crippen molar-refractivity contribution in [1.82, 2.24) is 4.90 Å². The van der Waals surface area contributed by atoms with Gasteiger partial charge in [0.25, 0.3) is 0 Å². The molecular weight excluding hydrogens is 591 g/mol. The summed E-state index contributed by atoms with van der Waals surface area (Å²) in [5, 5.41) is 22.9. The van der Waals surface area contributed by atoms with Gasteiger partial charge in [0.15, 0.2) is 0 Å². The van der Waals surface area contributed by atoms with E-state index >= 15 is 0 Å². The van der Waals surface area contributed by atoms with Crippen LogP contribution in [0.15, 0.2) is 3.21 Å². The van der Waals surface area contributed by atoms with Crippen molar-refractivity contribution in [2.75, 3.05) is 34.4 Å². The van der Waals surface area contributed by atoms with Crippen LogP contribution in [0.4, 0.5) is 0 Å². The number of hydrogen-bond donors (Lipinski definition) is 2. The third-order valence-corrected chi connectivity index (χ3v) is 9.71. The van der Waals surface area contributed by atoms with Crippen LogP contribution >= 0.6 is 0 Å².